The highest BCUT2D eigenvalue weighted by atomic mass is 35.5. The molecule has 1 atom stereocenters. The number of Topliss-reactive ketones (excluding diaryl/α,β-unsaturated/α-hetero) is 1. The number of rotatable bonds is 8. The van der Waals surface area contributed by atoms with Crippen LogP contribution in [0.2, 0.25) is 5.02 Å². The van der Waals surface area contributed by atoms with E-state index in [0.29, 0.717) is 28.6 Å². The van der Waals surface area contributed by atoms with Crippen molar-refractivity contribution < 1.29 is 23.9 Å². The fourth-order valence-corrected chi connectivity index (χ4v) is 2.16. The topological polar surface area (TPSA) is 94.6 Å². The summed E-state index contributed by atoms with van der Waals surface area (Å²) in [6.45, 7) is 2.86. The third-order valence-electron chi connectivity index (χ3n) is 3.51. The second kappa shape index (κ2) is 9.68. The van der Waals surface area contributed by atoms with Crippen LogP contribution in [-0.4, -0.2) is 35.4 Å². The smallest absolute Gasteiger partial charge is 0.344 e. The number of carbonyl (C=O) groups excluding carboxylic acids is 3. The minimum atomic E-state index is -1.02. The first kappa shape index (κ1) is 20.4. The Morgan fingerprint density at radius 2 is 1.85 bits per heavy atom. The maximum atomic E-state index is 12.0. The molecule has 0 aliphatic rings. The van der Waals surface area contributed by atoms with Gasteiger partial charge in [0.2, 0.25) is 0 Å². The number of halogens is 1. The van der Waals surface area contributed by atoms with Crippen LogP contribution in [0.3, 0.4) is 0 Å². The van der Waals surface area contributed by atoms with E-state index in [1.807, 2.05) is 0 Å². The fourth-order valence-electron chi connectivity index (χ4n) is 2.05. The molecule has 1 heterocycles. The predicted octanol–water partition coefficient (Wildman–Crippen LogP) is 3.28. The highest BCUT2D eigenvalue weighted by Gasteiger charge is 2.18. The Hall–Kier alpha value is -2.93. The van der Waals surface area contributed by atoms with Crippen LogP contribution >= 0.6 is 11.6 Å². The van der Waals surface area contributed by atoms with E-state index < -0.39 is 18.0 Å². The van der Waals surface area contributed by atoms with Crippen LogP contribution in [0.5, 0.6) is 5.75 Å². The van der Waals surface area contributed by atoms with Crippen molar-refractivity contribution in [3.8, 4) is 5.75 Å². The lowest BCUT2D eigenvalue weighted by atomic mass is 10.1. The molecule has 0 aliphatic heterocycles. The van der Waals surface area contributed by atoms with E-state index in [0.717, 1.165) is 0 Å². The molecule has 2 aromatic rings. The number of esters is 1. The van der Waals surface area contributed by atoms with Crippen LogP contribution in [0, 0.1) is 0 Å². The monoisotopic (exact) mass is 390 g/mol. The van der Waals surface area contributed by atoms with Gasteiger partial charge in [0.1, 0.15) is 11.6 Å². The Labute approximate surface area is 161 Å². The van der Waals surface area contributed by atoms with Crippen molar-refractivity contribution >= 4 is 35.1 Å². The Kier molecular flexibility index (Phi) is 7.31. The molecule has 0 saturated carbocycles. The van der Waals surface area contributed by atoms with Gasteiger partial charge in [0.25, 0.3) is 5.91 Å². The quantitative estimate of drug-likeness (QED) is 0.549. The number of carbonyl (C=O) groups is 3. The first-order valence-corrected chi connectivity index (χ1v) is 8.64. The highest BCUT2D eigenvalue weighted by Crippen LogP contribution is 2.14. The van der Waals surface area contributed by atoms with Crippen LogP contribution in [-0.2, 0) is 14.3 Å². The zero-order valence-corrected chi connectivity index (χ0v) is 15.7. The van der Waals surface area contributed by atoms with Crippen molar-refractivity contribution in [3.63, 3.8) is 0 Å². The lowest BCUT2D eigenvalue weighted by Gasteiger charge is -2.13. The summed E-state index contributed by atoms with van der Waals surface area (Å²) in [5.41, 5.74) is 0.577. The second-order valence-electron chi connectivity index (χ2n) is 5.57. The molecule has 1 aromatic heterocycles. The number of ketones is 1. The van der Waals surface area contributed by atoms with Crippen molar-refractivity contribution in [2.75, 3.05) is 11.9 Å². The normalized spacial score (nSPS) is 11.4. The predicted molar refractivity (Wildman–Crippen MR) is 100.0 cm³/mol. The number of benzene rings is 1. The highest BCUT2D eigenvalue weighted by molar-refractivity contribution is 6.30. The van der Waals surface area contributed by atoms with Crippen LogP contribution in [0.1, 0.15) is 30.6 Å². The average molecular weight is 391 g/mol. The van der Waals surface area contributed by atoms with E-state index in [2.05, 4.69) is 10.3 Å². The second-order valence-corrected chi connectivity index (χ2v) is 6.01. The van der Waals surface area contributed by atoms with Crippen molar-refractivity contribution in [1.82, 2.24) is 4.98 Å². The maximum absolute atomic E-state index is 12.0. The molecule has 7 nitrogen and oxygen atoms in total. The first-order chi connectivity index (χ1) is 12.9. The molecule has 2 rings (SSSR count). The molecule has 0 radical (unpaired) electrons. The summed E-state index contributed by atoms with van der Waals surface area (Å²) in [5, 5.41) is 2.95. The van der Waals surface area contributed by atoms with E-state index in [-0.39, 0.29) is 12.4 Å². The molecule has 0 bridgehead atoms. The zero-order valence-electron chi connectivity index (χ0n) is 14.9. The SMILES string of the molecule is CCC(=O)c1ccc(OCC(=O)O[C@@H](C)C(=O)Nc2ccc(Cl)cn2)cc1. The molecule has 27 heavy (non-hydrogen) atoms. The summed E-state index contributed by atoms with van der Waals surface area (Å²) in [5.74, 6) is -0.487. The van der Waals surface area contributed by atoms with Crippen LogP contribution in [0.15, 0.2) is 42.6 Å². The van der Waals surface area contributed by atoms with Gasteiger partial charge in [-0.25, -0.2) is 9.78 Å². The Morgan fingerprint density at radius 1 is 1.15 bits per heavy atom. The largest absolute Gasteiger partial charge is 0.482 e. The zero-order chi connectivity index (χ0) is 19.8. The van der Waals surface area contributed by atoms with Gasteiger partial charge in [0.05, 0.1) is 5.02 Å². The van der Waals surface area contributed by atoms with Crippen molar-refractivity contribution in [3.05, 3.63) is 53.2 Å². The third-order valence-corrected chi connectivity index (χ3v) is 3.73. The Bertz CT molecular complexity index is 806. The summed E-state index contributed by atoms with van der Waals surface area (Å²) in [6.07, 6.45) is 0.780. The standard InChI is InChI=1S/C19H19ClN2O5/c1-3-16(23)13-4-7-15(8-5-13)26-11-18(24)27-12(2)19(25)22-17-9-6-14(20)10-21-17/h4-10,12H,3,11H2,1-2H3,(H,21,22,25)/t12-/m0/s1. The summed E-state index contributed by atoms with van der Waals surface area (Å²) >= 11 is 5.72. The molecular weight excluding hydrogens is 372 g/mol. The maximum Gasteiger partial charge on any atom is 0.344 e. The molecule has 1 aromatic carbocycles. The third kappa shape index (κ3) is 6.38. The van der Waals surface area contributed by atoms with Gasteiger partial charge in [0.15, 0.2) is 18.5 Å². The molecule has 0 aliphatic carbocycles. The van der Waals surface area contributed by atoms with Gasteiger partial charge < -0.3 is 14.8 Å². The van der Waals surface area contributed by atoms with Crippen molar-refractivity contribution in [2.24, 2.45) is 0 Å². The molecular formula is C19H19ClN2O5. The lowest BCUT2D eigenvalue weighted by molar-refractivity contribution is -0.155. The number of hydrogen-bond donors (Lipinski definition) is 1. The van der Waals surface area contributed by atoms with Crippen LogP contribution in [0.4, 0.5) is 5.82 Å². The molecule has 8 heteroatoms. The average Bonchev–Trinajstić information content (AvgIpc) is 2.67. The molecule has 0 saturated heterocycles. The van der Waals surface area contributed by atoms with Crippen LogP contribution in [0.25, 0.3) is 0 Å². The number of nitrogens with one attached hydrogen (secondary N) is 1. The minimum absolute atomic E-state index is 0.0241. The molecule has 142 valence electrons. The van der Waals surface area contributed by atoms with Gasteiger partial charge in [-0.2, -0.15) is 0 Å². The summed E-state index contributed by atoms with van der Waals surface area (Å²) < 4.78 is 10.3. The Morgan fingerprint density at radius 3 is 2.44 bits per heavy atom. The van der Waals surface area contributed by atoms with E-state index in [1.54, 1.807) is 37.3 Å². The van der Waals surface area contributed by atoms with E-state index in [1.165, 1.54) is 19.2 Å². The van der Waals surface area contributed by atoms with Crippen LogP contribution < -0.4 is 10.1 Å². The number of amides is 1. The molecule has 0 spiro atoms. The summed E-state index contributed by atoms with van der Waals surface area (Å²) in [4.78, 5) is 39.3. The molecule has 1 N–H and O–H groups in total. The molecule has 0 fully saturated rings. The lowest BCUT2D eigenvalue weighted by Crippen LogP contribution is -2.31. The van der Waals surface area contributed by atoms with E-state index in [4.69, 9.17) is 21.1 Å². The van der Waals surface area contributed by atoms with Gasteiger partial charge >= 0.3 is 5.97 Å². The van der Waals surface area contributed by atoms with Gasteiger partial charge in [0, 0.05) is 18.2 Å². The van der Waals surface area contributed by atoms with Crippen molar-refractivity contribution in [1.29, 1.82) is 0 Å². The summed E-state index contributed by atoms with van der Waals surface area (Å²) in [7, 11) is 0. The van der Waals surface area contributed by atoms with Gasteiger partial charge in [-0.3, -0.25) is 9.59 Å². The van der Waals surface area contributed by atoms with Gasteiger partial charge in [-0.15, -0.1) is 0 Å². The minimum Gasteiger partial charge on any atom is -0.482 e. The number of nitrogens with zero attached hydrogens (tertiary/aromatic N) is 1. The fraction of sp³-hybridized carbons (Fsp3) is 0.263. The number of hydrogen-bond acceptors (Lipinski definition) is 6. The molecule has 1 amide bonds. The summed E-state index contributed by atoms with van der Waals surface area (Å²) in [6, 6.07) is 9.55. The molecule has 0 unspecified atom stereocenters. The van der Waals surface area contributed by atoms with Gasteiger partial charge in [-0.05, 0) is 43.3 Å². The first-order valence-electron chi connectivity index (χ1n) is 8.27. The number of anilines is 1. The van der Waals surface area contributed by atoms with Crippen molar-refractivity contribution in [2.45, 2.75) is 26.4 Å². The van der Waals surface area contributed by atoms with Gasteiger partial charge in [-0.1, -0.05) is 18.5 Å². The number of ether oxygens (including phenoxy) is 2. The Balaban J connectivity index is 1.79. The van der Waals surface area contributed by atoms with E-state index >= 15 is 0 Å². The van der Waals surface area contributed by atoms with E-state index in [9.17, 15) is 14.4 Å². The number of aromatic nitrogens is 1. The number of pyridine rings is 1.